The van der Waals surface area contributed by atoms with Gasteiger partial charge in [-0.2, -0.15) is 0 Å². The van der Waals surface area contributed by atoms with Gasteiger partial charge >= 0.3 is 5.97 Å². The van der Waals surface area contributed by atoms with Crippen LogP contribution < -0.4 is 0 Å². The number of rotatable bonds is 5. The Bertz CT molecular complexity index is 1120. The standard InChI is InChI=1S/C29H28O3/c1-4-31-27(30)25-26(22-8-6-5-7-9-22)32-29(28(25)18-19-28,23-14-10-20(2)11-15-23)24-16-12-21(3)13-17-24/h5-17H,4,18-19H2,1-3H3. The number of aryl methyl sites for hydroxylation is 2. The molecule has 1 saturated carbocycles. The Kier molecular flexibility index (Phi) is 4.93. The molecule has 162 valence electrons. The molecule has 1 fully saturated rings. The fourth-order valence-electron chi connectivity index (χ4n) is 5.12. The monoisotopic (exact) mass is 424 g/mol. The van der Waals surface area contributed by atoms with Crippen LogP contribution in [-0.4, -0.2) is 12.6 Å². The third kappa shape index (κ3) is 2.99. The third-order valence-electron chi connectivity index (χ3n) is 6.82. The van der Waals surface area contributed by atoms with Crippen LogP contribution in [0.4, 0.5) is 0 Å². The first-order chi connectivity index (χ1) is 15.5. The van der Waals surface area contributed by atoms with Gasteiger partial charge in [0.05, 0.1) is 17.6 Å². The van der Waals surface area contributed by atoms with Crippen molar-refractivity contribution in [3.63, 3.8) is 0 Å². The molecule has 0 N–H and O–H groups in total. The summed E-state index contributed by atoms with van der Waals surface area (Å²) in [5.74, 6) is 0.368. The van der Waals surface area contributed by atoms with Crippen molar-refractivity contribution in [1.29, 1.82) is 0 Å². The number of ether oxygens (including phenoxy) is 2. The molecule has 0 atom stereocenters. The van der Waals surface area contributed by atoms with Crippen LogP contribution in [0.3, 0.4) is 0 Å². The average Bonchev–Trinajstić information content (AvgIpc) is 3.54. The lowest BCUT2D eigenvalue weighted by Crippen LogP contribution is -2.38. The van der Waals surface area contributed by atoms with Gasteiger partial charge in [0.15, 0.2) is 5.60 Å². The zero-order valence-corrected chi connectivity index (χ0v) is 18.9. The van der Waals surface area contributed by atoms with E-state index in [0.717, 1.165) is 29.5 Å². The zero-order valence-electron chi connectivity index (χ0n) is 18.9. The van der Waals surface area contributed by atoms with Gasteiger partial charge in [0.2, 0.25) is 0 Å². The average molecular weight is 425 g/mol. The lowest BCUT2D eigenvalue weighted by atomic mass is 9.71. The summed E-state index contributed by atoms with van der Waals surface area (Å²) in [7, 11) is 0. The van der Waals surface area contributed by atoms with E-state index in [4.69, 9.17) is 9.47 Å². The molecule has 3 nitrogen and oxygen atoms in total. The summed E-state index contributed by atoms with van der Waals surface area (Å²) in [6.45, 7) is 6.36. The molecule has 2 aliphatic rings. The molecule has 1 aliphatic heterocycles. The molecule has 5 rings (SSSR count). The minimum absolute atomic E-state index is 0.273. The number of hydrogen-bond donors (Lipinski definition) is 0. The van der Waals surface area contributed by atoms with Gasteiger partial charge < -0.3 is 9.47 Å². The largest absolute Gasteiger partial charge is 0.476 e. The molecule has 0 saturated heterocycles. The van der Waals surface area contributed by atoms with Gasteiger partial charge in [-0.05, 0) is 33.6 Å². The van der Waals surface area contributed by atoms with Gasteiger partial charge in [0, 0.05) is 16.7 Å². The Balaban J connectivity index is 1.78. The van der Waals surface area contributed by atoms with Crippen molar-refractivity contribution in [2.24, 2.45) is 5.41 Å². The summed E-state index contributed by atoms with van der Waals surface area (Å²) in [6, 6.07) is 27.0. The van der Waals surface area contributed by atoms with Gasteiger partial charge in [-0.15, -0.1) is 0 Å². The highest BCUT2D eigenvalue weighted by Gasteiger charge is 2.71. The molecule has 1 spiro atoms. The van der Waals surface area contributed by atoms with Crippen LogP contribution in [0.15, 0.2) is 84.4 Å². The van der Waals surface area contributed by atoms with E-state index in [2.05, 4.69) is 62.4 Å². The molecule has 32 heavy (non-hydrogen) atoms. The van der Waals surface area contributed by atoms with Crippen molar-refractivity contribution >= 4 is 11.7 Å². The highest BCUT2D eigenvalue weighted by molar-refractivity contribution is 6.00. The van der Waals surface area contributed by atoms with Crippen LogP contribution in [0.2, 0.25) is 0 Å². The molecule has 1 aliphatic carbocycles. The van der Waals surface area contributed by atoms with Gasteiger partial charge in [0.25, 0.3) is 0 Å². The third-order valence-corrected chi connectivity index (χ3v) is 6.82. The van der Waals surface area contributed by atoms with Gasteiger partial charge in [0.1, 0.15) is 5.76 Å². The van der Waals surface area contributed by atoms with Crippen molar-refractivity contribution in [3.05, 3.63) is 112 Å². The Morgan fingerprint density at radius 1 is 0.844 bits per heavy atom. The normalized spacial score (nSPS) is 17.8. The Morgan fingerprint density at radius 3 is 1.84 bits per heavy atom. The fraction of sp³-hybridized carbons (Fsp3) is 0.276. The van der Waals surface area contributed by atoms with Crippen molar-refractivity contribution in [1.82, 2.24) is 0 Å². The summed E-state index contributed by atoms with van der Waals surface area (Å²) in [5, 5.41) is 0. The van der Waals surface area contributed by atoms with E-state index in [-0.39, 0.29) is 5.97 Å². The molecule has 0 unspecified atom stereocenters. The second kappa shape index (κ2) is 7.67. The maximum Gasteiger partial charge on any atom is 0.338 e. The molecule has 0 radical (unpaired) electrons. The summed E-state index contributed by atoms with van der Waals surface area (Å²) in [5.41, 5.74) is 4.87. The SMILES string of the molecule is CCOC(=O)C1=C(c2ccccc2)OC(c2ccc(C)cc2)(c2ccc(C)cc2)C12CC2. The van der Waals surface area contributed by atoms with E-state index < -0.39 is 11.0 Å². The van der Waals surface area contributed by atoms with Crippen molar-refractivity contribution in [3.8, 4) is 0 Å². The van der Waals surface area contributed by atoms with Crippen LogP contribution in [0.25, 0.3) is 5.76 Å². The molecule has 3 heteroatoms. The predicted octanol–water partition coefficient (Wildman–Crippen LogP) is 6.33. The number of carbonyl (C=O) groups excluding carboxylic acids is 1. The summed E-state index contributed by atoms with van der Waals surface area (Å²) in [4.78, 5) is 13.4. The van der Waals surface area contributed by atoms with Crippen LogP contribution in [0, 0.1) is 19.3 Å². The Labute approximate surface area is 189 Å². The van der Waals surface area contributed by atoms with E-state index in [1.165, 1.54) is 11.1 Å². The highest BCUT2D eigenvalue weighted by Crippen LogP contribution is 2.72. The summed E-state index contributed by atoms with van der Waals surface area (Å²) < 4.78 is 12.6. The molecule has 0 amide bonds. The fourth-order valence-corrected chi connectivity index (χ4v) is 5.12. The molecule has 3 aromatic carbocycles. The first-order valence-electron chi connectivity index (χ1n) is 11.3. The molecular formula is C29H28O3. The number of benzene rings is 3. The van der Waals surface area contributed by atoms with Crippen LogP contribution >= 0.6 is 0 Å². The minimum Gasteiger partial charge on any atom is -0.476 e. The van der Waals surface area contributed by atoms with Crippen molar-refractivity contribution < 1.29 is 14.3 Å². The predicted molar refractivity (Wildman–Crippen MR) is 126 cm³/mol. The Morgan fingerprint density at radius 2 is 1.38 bits per heavy atom. The molecule has 0 aromatic heterocycles. The van der Waals surface area contributed by atoms with Gasteiger partial charge in [-0.25, -0.2) is 4.79 Å². The maximum absolute atomic E-state index is 13.4. The minimum atomic E-state index is -0.776. The van der Waals surface area contributed by atoms with E-state index in [0.29, 0.717) is 17.9 Å². The first-order valence-corrected chi connectivity index (χ1v) is 11.3. The second-order valence-electron chi connectivity index (χ2n) is 8.89. The van der Waals surface area contributed by atoms with E-state index in [9.17, 15) is 4.79 Å². The first kappa shape index (κ1) is 20.6. The van der Waals surface area contributed by atoms with Gasteiger partial charge in [-0.3, -0.25) is 0 Å². The lowest BCUT2D eigenvalue weighted by molar-refractivity contribution is -0.139. The number of hydrogen-bond acceptors (Lipinski definition) is 3. The van der Waals surface area contributed by atoms with E-state index in [1.54, 1.807) is 0 Å². The van der Waals surface area contributed by atoms with E-state index in [1.807, 2.05) is 37.3 Å². The van der Waals surface area contributed by atoms with E-state index >= 15 is 0 Å². The van der Waals surface area contributed by atoms with Gasteiger partial charge in [-0.1, -0.05) is 90.0 Å². The molecule has 0 bridgehead atoms. The quantitative estimate of drug-likeness (QED) is 0.449. The molecular weight excluding hydrogens is 396 g/mol. The topological polar surface area (TPSA) is 35.5 Å². The van der Waals surface area contributed by atoms with Crippen LogP contribution in [0.1, 0.15) is 47.6 Å². The molecule has 1 heterocycles. The number of carbonyl (C=O) groups is 1. The summed E-state index contributed by atoms with van der Waals surface area (Å²) in [6.07, 6.45) is 1.75. The van der Waals surface area contributed by atoms with Crippen molar-refractivity contribution in [2.45, 2.75) is 39.2 Å². The zero-order chi connectivity index (χ0) is 22.3. The smallest absolute Gasteiger partial charge is 0.338 e. The Hall–Kier alpha value is -3.33. The van der Waals surface area contributed by atoms with Crippen LogP contribution in [0.5, 0.6) is 0 Å². The maximum atomic E-state index is 13.4. The molecule has 3 aromatic rings. The lowest BCUT2D eigenvalue weighted by Gasteiger charge is -2.37. The van der Waals surface area contributed by atoms with Crippen molar-refractivity contribution in [2.75, 3.05) is 6.61 Å². The number of esters is 1. The van der Waals surface area contributed by atoms with Crippen LogP contribution in [-0.2, 0) is 19.9 Å². The highest BCUT2D eigenvalue weighted by atomic mass is 16.5. The summed E-state index contributed by atoms with van der Waals surface area (Å²) >= 11 is 0. The second-order valence-corrected chi connectivity index (χ2v) is 8.89.